The molecule has 1 fully saturated rings. The van der Waals surface area contributed by atoms with Gasteiger partial charge in [-0.05, 0) is 0 Å². The Balaban J connectivity index is 2.13. The first kappa shape index (κ1) is 18.1. The van der Waals surface area contributed by atoms with Gasteiger partial charge in [-0.1, -0.05) is 6.92 Å². The molecule has 0 aromatic rings. The van der Waals surface area contributed by atoms with Crippen LogP contribution in [0.25, 0.3) is 0 Å². The summed E-state index contributed by atoms with van der Waals surface area (Å²) in [7, 11) is 1.52. The van der Waals surface area contributed by atoms with E-state index in [0.717, 1.165) is 4.90 Å². The maximum atomic E-state index is 11.7. The average Bonchev–Trinajstić information content (AvgIpc) is 2.72. The summed E-state index contributed by atoms with van der Waals surface area (Å²) in [5.41, 5.74) is 0. The largest absolute Gasteiger partial charge is 0.384 e. The van der Waals surface area contributed by atoms with Crippen LogP contribution in [0, 0.1) is 5.92 Å². The summed E-state index contributed by atoms with van der Waals surface area (Å²) in [6, 6.07) is 0. The van der Waals surface area contributed by atoms with Crippen molar-refractivity contribution in [3.05, 3.63) is 0 Å². The molecule has 0 spiro atoms. The number of methoxy groups -OCH3 is 1. The normalized spacial score (nSPS) is 17.7. The maximum absolute atomic E-state index is 11.7. The standard InChI is InChI=1S/C14H23N3O5/c1-10-9-13(20)17(14(10)21)7-3-11(18)15-5-6-16-12(19)4-8-22-2/h10H,3-9H2,1-2H3,(H,15,18)(H,16,19). The van der Waals surface area contributed by atoms with E-state index in [1.54, 1.807) is 6.92 Å². The molecule has 22 heavy (non-hydrogen) atoms. The van der Waals surface area contributed by atoms with Crippen molar-refractivity contribution < 1.29 is 23.9 Å². The van der Waals surface area contributed by atoms with Gasteiger partial charge < -0.3 is 15.4 Å². The molecule has 2 N–H and O–H groups in total. The lowest BCUT2D eigenvalue weighted by Gasteiger charge is -2.14. The molecule has 1 heterocycles. The second kappa shape index (κ2) is 9.14. The van der Waals surface area contributed by atoms with E-state index in [9.17, 15) is 19.2 Å². The second-order valence-electron chi connectivity index (χ2n) is 5.18. The predicted octanol–water partition coefficient (Wildman–Crippen LogP) is -0.960. The number of hydrogen-bond donors (Lipinski definition) is 2. The van der Waals surface area contributed by atoms with Gasteiger partial charge in [0.15, 0.2) is 0 Å². The number of likely N-dealkylation sites (tertiary alicyclic amines) is 1. The zero-order valence-electron chi connectivity index (χ0n) is 13.0. The highest BCUT2D eigenvalue weighted by atomic mass is 16.5. The lowest BCUT2D eigenvalue weighted by Crippen LogP contribution is -2.38. The molecule has 0 aromatic heterocycles. The van der Waals surface area contributed by atoms with Crippen molar-refractivity contribution >= 4 is 23.6 Å². The smallest absolute Gasteiger partial charge is 0.232 e. The number of hydrogen-bond acceptors (Lipinski definition) is 5. The molecule has 8 nitrogen and oxygen atoms in total. The predicted molar refractivity (Wildman–Crippen MR) is 77.6 cm³/mol. The van der Waals surface area contributed by atoms with Gasteiger partial charge in [0, 0.05) is 51.9 Å². The second-order valence-corrected chi connectivity index (χ2v) is 5.18. The monoisotopic (exact) mass is 313 g/mol. The highest BCUT2D eigenvalue weighted by Gasteiger charge is 2.35. The minimum atomic E-state index is -0.294. The van der Waals surface area contributed by atoms with Crippen molar-refractivity contribution in [2.45, 2.75) is 26.2 Å². The molecule has 0 aromatic carbocycles. The Hall–Kier alpha value is -1.96. The fraction of sp³-hybridized carbons (Fsp3) is 0.714. The van der Waals surface area contributed by atoms with Crippen LogP contribution in [0.1, 0.15) is 26.2 Å². The summed E-state index contributed by atoms with van der Waals surface area (Å²) in [5, 5.41) is 5.26. The number of amides is 4. The number of carbonyl (C=O) groups excluding carboxylic acids is 4. The number of ether oxygens (including phenoxy) is 1. The lowest BCUT2D eigenvalue weighted by atomic mass is 10.1. The van der Waals surface area contributed by atoms with E-state index in [2.05, 4.69) is 10.6 Å². The van der Waals surface area contributed by atoms with E-state index < -0.39 is 0 Å². The topological polar surface area (TPSA) is 105 Å². The summed E-state index contributed by atoms with van der Waals surface area (Å²) >= 11 is 0. The van der Waals surface area contributed by atoms with Crippen LogP contribution in [0.2, 0.25) is 0 Å². The van der Waals surface area contributed by atoms with Crippen LogP contribution >= 0.6 is 0 Å². The summed E-state index contributed by atoms with van der Waals surface area (Å²) in [6.07, 6.45) is 0.567. The third-order valence-corrected chi connectivity index (χ3v) is 3.33. The highest BCUT2D eigenvalue weighted by Crippen LogP contribution is 2.18. The molecular weight excluding hydrogens is 290 g/mol. The molecule has 1 unspecified atom stereocenters. The zero-order valence-corrected chi connectivity index (χ0v) is 13.0. The zero-order chi connectivity index (χ0) is 16.5. The van der Waals surface area contributed by atoms with Crippen molar-refractivity contribution in [3.8, 4) is 0 Å². The van der Waals surface area contributed by atoms with Crippen LogP contribution < -0.4 is 10.6 Å². The molecule has 0 aliphatic carbocycles. The SMILES string of the molecule is COCCC(=O)NCCNC(=O)CCN1C(=O)CC(C)C1=O. The number of rotatable bonds is 9. The molecule has 0 bridgehead atoms. The van der Waals surface area contributed by atoms with Crippen molar-refractivity contribution in [2.24, 2.45) is 5.92 Å². The van der Waals surface area contributed by atoms with E-state index >= 15 is 0 Å². The van der Waals surface area contributed by atoms with E-state index in [1.165, 1.54) is 7.11 Å². The lowest BCUT2D eigenvalue weighted by molar-refractivity contribution is -0.139. The third-order valence-electron chi connectivity index (χ3n) is 3.33. The molecule has 1 aliphatic heterocycles. The number of nitrogens with one attached hydrogen (secondary N) is 2. The molecular formula is C14H23N3O5. The first-order valence-electron chi connectivity index (χ1n) is 7.32. The minimum absolute atomic E-state index is 0.0713. The van der Waals surface area contributed by atoms with Gasteiger partial charge in [0.2, 0.25) is 23.6 Å². The Morgan fingerprint density at radius 1 is 1.18 bits per heavy atom. The van der Waals surface area contributed by atoms with E-state index in [1.807, 2.05) is 0 Å². The molecule has 1 rings (SSSR count). The molecule has 0 saturated carbocycles. The van der Waals surface area contributed by atoms with Gasteiger partial charge in [-0.25, -0.2) is 0 Å². The van der Waals surface area contributed by atoms with Crippen molar-refractivity contribution in [1.29, 1.82) is 0 Å². The molecule has 124 valence electrons. The fourth-order valence-electron chi connectivity index (χ4n) is 2.07. The number of nitrogens with zero attached hydrogens (tertiary/aromatic N) is 1. The number of imide groups is 1. The summed E-state index contributed by atoms with van der Waals surface area (Å²) in [4.78, 5) is 47.2. The summed E-state index contributed by atoms with van der Waals surface area (Å²) < 4.78 is 4.77. The van der Waals surface area contributed by atoms with Crippen molar-refractivity contribution in [1.82, 2.24) is 15.5 Å². The van der Waals surface area contributed by atoms with Crippen LogP contribution in [-0.4, -0.2) is 61.9 Å². The van der Waals surface area contributed by atoms with Gasteiger partial charge in [-0.15, -0.1) is 0 Å². The Bertz CT molecular complexity index is 438. The van der Waals surface area contributed by atoms with Crippen LogP contribution in [0.5, 0.6) is 0 Å². The molecule has 1 atom stereocenters. The molecule has 1 saturated heterocycles. The first-order valence-corrected chi connectivity index (χ1v) is 7.32. The van der Waals surface area contributed by atoms with Gasteiger partial charge in [-0.3, -0.25) is 24.1 Å². The fourth-order valence-corrected chi connectivity index (χ4v) is 2.07. The highest BCUT2D eigenvalue weighted by molar-refractivity contribution is 6.03. The van der Waals surface area contributed by atoms with E-state index in [-0.39, 0.29) is 55.4 Å². The molecule has 1 aliphatic rings. The molecule has 0 radical (unpaired) electrons. The minimum Gasteiger partial charge on any atom is -0.384 e. The van der Waals surface area contributed by atoms with E-state index in [0.29, 0.717) is 19.7 Å². The summed E-state index contributed by atoms with van der Waals surface area (Å²) in [5.74, 6) is -1.14. The quantitative estimate of drug-likeness (QED) is 0.421. The van der Waals surface area contributed by atoms with Gasteiger partial charge in [0.05, 0.1) is 6.61 Å². The van der Waals surface area contributed by atoms with Gasteiger partial charge in [0.25, 0.3) is 0 Å². The maximum Gasteiger partial charge on any atom is 0.232 e. The van der Waals surface area contributed by atoms with Gasteiger partial charge in [0.1, 0.15) is 0 Å². The summed E-state index contributed by atoms with van der Waals surface area (Å²) in [6.45, 7) is 2.79. The Morgan fingerprint density at radius 3 is 2.27 bits per heavy atom. The van der Waals surface area contributed by atoms with Crippen molar-refractivity contribution in [2.75, 3.05) is 33.4 Å². The van der Waals surface area contributed by atoms with Crippen molar-refractivity contribution in [3.63, 3.8) is 0 Å². The Kier molecular flexibility index (Phi) is 7.51. The Labute approximate surface area is 129 Å². The van der Waals surface area contributed by atoms with Crippen LogP contribution in [0.15, 0.2) is 0 Å². The van der Waals surface area contributed by atoms with Crippen LogP contribution in [-0.2, 0) is 23.9 Å². The van der Waals surface area contributed by atoms with E-state index in [4.69, 9.17) is 4.74 Å². The number of carbonyl (C=O) groups is 4. The van der Waals surface area contributed by atoms with Crippen LogP contribution in [0.3, 0.4) is 0 Å². The van der Waals surface area contributed by atoms with Gasteiger partial charge in [-0.2, -0.15) is 0 Å². The Morgan fingerprint density at radius 2 is 1.77 bits per heavy atom. The molecule has 8 heteroatoms. The average molecular weight is 313 g/mol. The first-order chi connectivity index (χ1) is 10.5. The van der Waals surface area contributed by atoms with Gasteiger partial charge >= 0.3 is 0 Å². The third kappa shape index (κ3) is 5.80. The van der Waals surface area contributed by atoms with Crippen LogP contribution in [0.4, 0.5) is 0 Å². The molecule has 4 amide bonds.